The van der Waals surface area contributed by atoms with Crippen LogP contribution in [0.3, 0.4) is 0 Å². The lowest BCUT2D eigenvalue weighted by Gasteiger charge is -2.30. The van der Waals surface area contributed by atoms with Crippen LogP contribution in [0.25, 0.3) is 0 Å². The molecule has 134 valence electrons. The van der Waals surface area contributed by atoms with Crippen molar-refractivity contribution in [1.29, 1.82) is 0 Å². The molecule has 0 radical (unpaired) electrons. The van der Waals surface area contributed by atoms with Crippen LogP contribution in [0, 0.1) is 5.92 Å². The number of carbonyl (C=O) groups is 2. The Balaban J connectivity index is 2.86. The predicted molar refractivity (Wildman–Crippen MR) is 92.6 cm³/mol. The van der Waals surface area contributed by atoms with Gasteiger partial charge in [0.2, 0.25) is 11.8 Å². The van der Waals surface area contributed by atoms with Crippen LogP contribution in [0.15, 0.2) is 24.3 Å². The molecular weight excluding hydrogens is 308 g/mol. The van der Waals surface area contributed by atoms with E-state index in [0.717, 1.165) is 11.3 Å². The van der Waals surface area contributed by atoms with E-state index in [0.29, 0.717) is 19.5 Å². The zero-order chi connectivity index (χ0) is 18.1. The second kappa shape index (κ2) is 9.93. The average Bonchev–Trinajstić information content (AvgIpc) is 2.59. The summed E-state index contributed by atoms with van der Waals surface area (Å²) in [5, 5.41) is 11.5. The smallest absolute Gasteiger partial charge is 0.242 e. The molecule has 0 aliphatic carbocycles. The molecule has 0 saturated heterocycles. The summed E-state index contributed by atoms with van der Waals surface area (Å²) in [7, 11) is 1.60. The van der Waals surface area contributed by atoms with Gasteiger partial charge in [0.25, 0.3) is 0 Å². The highest BCUT2D eigenvalue weighted by atomic mass is 16.5. The third kappa shape index (κ3) is 5.85. The van der Waals surface area contributed by atoms with E-state index in [1.54, 1.807) is 18.9 Å². The Bertz CT molecular complexity index is 528. The molecule has 0 unspecified atom stereocenters. The van der Waals surface area contributed by atoms with Crippen molar-refractivity contribution >= 4 is 11.8 Å². The summed E-state index contributed by atoms with van der Waals surface area (Å²) in [5.41, 5.74) is 0.930. The van der Waals surface area contributed by atoms with Crippen LogP contribution >= 0.6 is 0 Å². The summed E-state index contributed by atoms with van der Waals surface area (Å²) in [6.07, 6.45) is 0.495. The highest BCUT2D eigenvalue weighted by Gasteiger charge is 2.27. The Morgan fingerprint density at radius 2 is 1.83 bits per heavy atom. The summed E-state index contributed by atoms with van der Waals surface area (Å²) in [4.78, 5) is 26.4. The standard InChI is InChI=1S/C18H28N2O4/c1-13(2)18(23)20(14(3)17(22)19-10-5-11-21)12-15-6-8-16(24-4)9-7-15/h6-9,13-14,21H,5,10-12H2,1-4H3,(H,19,22)/t14-/m0/s1. The maximum absolute atomic E-state index is 12.5. The average molecular weight is 336 g/mol. The van der Waals surface area contributed by atoms with Crippen molar-refractivity contribution in [2.45, 2.75) is 39.8 Å². The fourth-order valence-electron chi connectivity index (χ4n) is 2.24. The molecule has 0 aliphatic rings. The Kier molecular flexibility index (Phi) is 8.26. The number of nitrogens with one attached hydrogen (secondary N) is 1. The van der Waals surface area contributed by atoms with Gasteiger partial charge in [0, 0.05) is 25.6 Å². The van der Waals surface area contributed by atoms with Crippen molar-refractivity contribution in [3.8, 4) is 5.75 Å². The molecule has 1 aromatic carbocycles. The number of hydrogen-bond donors (Lipinski definition) is 2. The van der Waals surface area contributed by atoms with E-state index in [1.165, 1.54) is 0 Å². The van der Waals surface area contributed by atoms with Gasteiger partial charge in [-0.15, -0.1) is 0 Å². The third-order valence-electron chi connectivity index (χ3n) is 3.77. The second-order valence-corrected chi connectivity index (χ2v) is 6.01. The molecule has 0 fully saturated rings. The van der Waals surface area contributed by atoms with Gasteiger partial charge >= 0.3 is 0 Å². The molecule has 0 aliphatic heterocycles. The van der Waals surface area contributed by atoms with Crippen molar-refractivity contribution < 1.29 is 19.4 Å². The number of carbonyl (C=O) groups excluding carboxylic acids is 2. The minimum atomic E-state index is -0.583. The van der Waals surface area contributed by atoms with Gasteiger partial charge in [-0.05, 0) is 31.0 Å². The van der Waals surface area contributed by atoms with Gasteiger partial charge in [-0.3, -0.25) is 9.59 Å². The number of ether oxygens (including phenoxy) is 1. The monoisotopic (exact) mass is 336 g/mol. The van der Waals surface area contributed by atoms with Gasteiger partial charge in [0.15, 0.2) is 0 Å². The Morgan fingerprint density at radius 3 is 2.33 bits per heavy atom. The van der Waals surface area contributed by atoms with E-state index in [9.17, 15) is 9.59 Å². The first-order valence-corrected chi connectivity index (χ1v) is 8.22. The fraction of sp³-hybridized carbons (Fsp3) is 0.556. The van der Waals surface area contributed by atoms with E-state index in [2.05, 4.69) is 5.32 Å². The van der Waals surface area contributed by atoms with Gasteiger partial charge in [-0.2, -0.15) is 0 Å². The number of benzene rings is 1. The molecule has 0 aromatic heterocycles. The first-order chi connectivity index (χ1) is 11.4. The van der Waals surface area contributed by atoms with Gasteiger partial charge in [-0.25, -0.2) is 0 Å². The zero-order valence-electron chi connectivity index (χ0n) is 14.9. The molecular formula is C18H28N2O4. The molecule has 1 aromatic rings. The maximum atomic E-state index is 12.5. The summed E-state index contributed by atoms with van der Waals surface area (Å²) in [6, 6.07) is 6.85. The topological polar surface area (TPSA) is 78.9 Å². The summed E-state index contributed by atoms with van der Waals surface area (Å²) < 4.78 is 5.14. The maximum Gasteiger partial charge on any atom is 0.242 e. The predicted octanol–water partition coefficient (Wildman–Crippen LogP) is 1.57. The highest BCUT2D eigenvalue weighted by molar-refractivity contribution is 5.88. The van der Waals surface area contributed by atoms with Crippen LogP contribution in [0.1, 0.15) is 32.8 Å². The summed E-state index contributed by atoms with van der Waals surface area (Å²) in [6.45, 7) is 6.13. The number of methoxy groups -OCH3 is 1. The van der Waals surface area contributed by atoms with Crippen LogP contribution in [0.5, 0.6) is 5.75 Å². The number of amides is 2. The molecule has 0 spiro atoms. The molecule has 1 atom stereocenters. The lowest BCUT2D eigenvalue weighted by atomic mass is 10.1. The number of hydrogen-bond acceptors (Lipinski definition) is 4. The van der Waals surface area contributed by atoms with Crippen LogP contribution < -0.4 is 10.1 Å². The molecule has 6 nitrogen and oxygen atoms in total. The van der Waals surface area contributed by atoms with Gasteiger partial charge in [-0.1, -0.05) is 26.0 Å². The highest BCUT2D eigenvalue weighted by Crippen LogP contribution is 2.16. The fourth-order valence-corrected chi connectivity index (χ4v) is 2.24. The van der Waals surface area contributed by atoms with Crippen LogP contribution in [-0.2, 0) is 16.1 Å². The molecule has 6 heteroatoms. The Labute approximate surface area is 143 Å². The van der Waals surface area contributed by atoms with Crippen molar-refractivity contribution in [2.24, 2.45) is 5.92 Å². The lowest BCUT2D eigenvalue weighted by Crippen LogP contribution is -2.49. The van der Waals surface area contributed by atoms with Crippen molar-refractivity contribution in [3.63, 3.8) is 0 Å². The molecule has 0 bridgehead atoms. The van der Waals surface area contributed by atoms with E-state index in [-0.39, 0.29) is 24.3 Å². The van der Waals surface area contributed by atoms with Gasteiger partial charge < -0.3 is 20.1 Å². The molecule has 2 N–H and O–H groups in total. The first kappa shape index (κ1) is 20.0. The number of aliphatic hydroxyl groups excluding tert-OH is 1. The molecule has 1 rings (SSSR count). The van der Waals surface area contributed by atoms with Crippen molar-refractivity contribution in [2.75, 3.05) is 20.3 Å². The molecule has 0 heterocycles. The minimum Gasteiger partial charge on any atom is -0.497 e. The van der Waals surface area contributed by atoms with Crippen molar-refractivity contribution in [1.82, 2.24) is 10.2 Å². The number of nitrogens with zero attached hydrogens (tertiary/aromatic N) is 1. The van der Waals surface area contributed by atoms with E-state index in [4.69, 9.17) is 9.84 Å². The van der Waals surface area contributed by atoms with Crippen LogP contribution in [0.4, 0.5) is 0 Å². The largest absolute Gasteiger partial charge is 0.497 e. The van der Waals surface area contributed by atoms with E-state index < -0.39 is 6.04 Å². The quantitative estimate of drug-likeness (QED) is 0.671. The third-order valence-corrected chi connectivity index (χ3v) is 3.77. The SMILES string of the molecule is COc1ccc(CN(C(=O)C(C)C)[C@@H](C)C(=O)NCCCO)cc1. The zero-order valence-corrected chi connectivity index (χ0v) is 14.9. The van der Waals surface area contributed by atoms with Crippen LogP contribution in [0.2, 0.25) is 0 Å². The summed E-state index contributed by atoms with van der Waals surface area (Å²) >= 11 is 0. The van der Waals surface area contributed by atoms with Crippen molar-refractivity contribution in [3.05, 3.63) is 29.8 Å². The van der Waals surface area contributed by atoms with E-state index in [1.807, 2.05) is 38.1 Å². The molecule has 2 amide bonds. The Hall–Kier alpha value is -2.08. The normalized spacial score (nSPS) is 11.9. The first-order valence-electron chi connectivity index (χ1n) is 8.22. The number of rotatable bonds is 9. The van der Waals surface area contributed by atoms with E-state index >= 15 is 0 Å². The van der Waals surface area contributed by atoms with Gasteiger partial charge in [0.1, 0.15) is 11.8 Å². The summed E-state index contributed by atoms with van der Waals surface area (Å²) in [5.74, 6) is 0.257. The Morgan fingerprint density at radius 1 is 1.21 bits per heavy atom. The van der Waals surface area contributed by atoms with Gasteiger partial charge in [0.05, 0.1) is 7.11 Å². The molecule has 0 saturated carbocycles. The van der Waals surface area contributed by atoms with Crippen LogP contribution in [-0.4, -0.2) is 48.1 Å². The second-order valence-electron chi connectivity index (χ2n) is 6.01. The molecule has 24 heavy (non-hydrogen) atoms. The lowest BCUT2D eigenvalue weighted by molar-refractivity contribution is -0.143. The number of aliphatic hydroxyl groups is 1. The minimum absolute atomic E-state index is 0.0230.